The highest BCUT2D eigenvalue weighted by atomic mass is 32.1. The highest BCUT2D eigenvalue weighted by Gasteiger charge is 2.49. The van der Waals surface area contributed by atoms with Crippen LogP contribution >= 0.6 is 11.3 Å². The number of nitrogens with zero attached hydrogens (tertiary/aromatic N) is 3. The summed E-state index contributed by atoms with van der Waals surface area (Å²) in [6, 6.07) is 75.4. The van der Waals surface area contributed by atoms with Crippen LogP contribution in [0.5, 0.6) is 0 Å². The second-order valence-corrected chi connectivity index (χ2v) is 18.2. The van der Waals surface area contributed by atoms with Gasteiger partial charge in [-0.2, -0.15) is 0 Å². The van der Waals surface area contributed by atoms with E-state index in [1.807, 2.05) is 17.4 Å². The van der Waals surface area contributed by atoms with Crippen molar-refractivity contribution in [3.63, 3.8) is 0 Å². The predicted molar refractivity (Wildman–Crippen MR) is 264 cm³/mol. The summed E-state index contributed by atoms with van der Waals surface area (Å²) in [6.07, 6.45) is 6.32. The largest absolute Gasteiger partial charge is 0.295 e. The van der Waals surface area contributed by atoms with Crippen LogP contribution in [0.3, 0.4) is 0 Å². The fourth-order valence-corrected chi connectivity index (χ4v) is 12.1. The normalized spacial score (nSPS) is 14.4. The van der Waals surface area contributed by atoms with Crippen LogP contribution in [0.25, 0.3) is 65.1 Å². The lowest BCUT2D eigenvalue weighted by Gasteiger charge is -2.42. The van der Waals surface area contributed by atoms with Gasteiger partial charge in [0.25, 0.3) is 0 Å². The van der Waals surface area contributed by atoms with E-state index in [4.69, 9.17) is 9.97 Å². The molecule has 1 fully saturated rings. The molecule has 2 heterocycles. The van der Waals surface area contributed by atoms with Crippen molar-refractivity contribution >= 4 is 48.7 Å². The fraction of sp³-hybridized carbons (Fsp3) is 0.119. The monoisotopic (exact) mass is 827 g/mol. The molecule has 8 aromatic carbocycles. The number of hydrogen-bond acceptors (Lipinski definition) is 4. The fourth-order valence-electron chi connectivity index (χ4n) is 10.9. The number of aromatic nitrogens is 2. The summed E-state index contributed by atoms with van der Waals surface area (Å²) in [4.78, 5) is 12.9. The van der Waals surface area contributed by atoms with Gasteiger partial charge in [0.05, 0.1) is 5.69 Å². The van der Waals surface area contributed by atoms with Crippen LogP contribution in [0, 0.1) is 5.92 Å². The molecule has 3 nitrogen and oxygen atoms in total. The lowest BCUT2D eigenvalue weighted by atomic mass is 9.60. The number of rotatable bonds is 8. The Kier molecular flexibility index (Phi) is 9.34. The van der Waals surface area contributed by atoms with Gasteiger partial charge in [-0.3, -0.25) is 4.90 Å². The minimum absolute atomic E-state index is 0.220. The van der Waals surface area contributed by atoms with E-state index in [9.17, 15) is 0 Å². The molecule has 2 aromatic heterocycles. The summed E-state index contributed by atoms with van der Waals surface area (Å²) in [6.45, 7) is 0. The maximum Gasteiger partial charge on any atom is 0.162 e. The summed E-state index contributed by atoms with van der Waals surface area (Å²) in [5.41, 5.74) is 14.2. The van der Waals surface area contributed by atoms with Crippen molar-refractivity contribution in [3.8, 4) is 44.9 Å². The second-order valence-electron chi connectivity index (χ2n) is 17.1. The average molecular weight is 828 g/mol. The Labute approximate surface area is 373 Å². The first-order valence-electron chi connectivity index (χ1n) is 22.3. The molecule has 0 spiro atoms. The van der Waals surface area contributed by atoms with Crippen molar-refractivity contribution in [1.29, 1.82) is 0 Å². The number of thiophene rings is 1. The molecule has 302 valence electrons. The summed E-state index contributed by atoms with van der Waals surface area (Å²) < 4.78 is 2.63. The topological polar surface area (TPSA) is 29.0 Å². The van der Waals surface area contributed by atoms with Crippen molar-refractivity contribution in [2.24, 2.45) is 5.92 Å². The number of anilines is 3. The Morgan fingerprint density at radius 1 is 0.460 bits per heavy atom. The van der Waals surface area contributed by atoms with E-state index in [2.05, 4.69) is 205 Å². The SMILES string of the molecule is c1ccc(-c2cc(N(c3ccc(-c4cccc5c4sc4ccccc45)cc3)c3ccc(C4(C5CCCCC5)c5ccccc5-c5ccccc54)cc3)nc(-c3ccccc3)n2)cc1. The van der Waals surface area contributed by atoms with Gasteiger partial charge in [-0.1, -0.05) is 189 Å². The van der Waals surface area contributed by atoms with E-state index in [0.717, 1.165) is 34.0 Å². The molecular weight excluding hydrogens is 783 g/mol. The first-order chi connectivity index (χ1) is 31.2. The minimum Gasteiger partial charge on any atom is -0.295 e. The predicted octanol–water partition coefficient (Wildman–Crippen LogP) is 16.2. The third kappa shape index (κ3) is 6.31. The minimum atomic E-state index is -0.220. The highest BCUT2D eigenvalue weighted by Crippen LogP contribution is 2.59. The summed E-state index contributed by atoms with van der Waals surface area (Å²) >= 11 is 1.87. The first kappa shape index (κ1) is 37.6. The van der Waals surface area contributed by atoms with Crippen LogP contribution < -0.4 is 4.90 Å². The Morgan fingerprint density at radius 2 is 1.03 bits per heavy atom. The lowest BCUT2D eigenvalue weighted by molar-refractivity contribution is 0.275. The van der Waals surface area contributed by atoms with Crippen LogP contribution in [-0.2, 0) is 5.41 Å². The Bertz CT molecular complexity index is 3150. The summed E-state index contributed by atoms with van der Waals surface area (Å²) in [7, 11) is 0. The summed E-state index contributed by atoms with van der Waals surface area (Å²) in [5.74, 6) is 2.02. The van der Waals surface area contributed by atoms with E-state index in [-0.39, 0.29) is 5.41 Å². The van der Waals surface area contributed by atoms with Gasteiger partial charge < -0.3 is 0 Å². The van der Waals surface area contributed by atoms with Crippen LogP contribution in [0.4, 0.5) is 17.2 Å². The molecule has 2 aliphatic rings. The highest BCUT2D eigenvalue weighted by molar-refractivity contribution is 7.26. The Morgan fingerprint density at radius 3 is 1.73 bits per heavy atom. The smallest absolute Gasteiger partial charge is 0.162 e. The van der Waals surface area contributed by atoms with E-state index in [0.29, 0.717) is 11.7 Å². The van der Waals surface area contributed by atoms with Crippen LogP contribution in [0.2, 0.25) is 0 Å². The van der Waals surface area contributed by atoms with Crippen molar-refractivity contribution in [2.75, 3.05) is 4.90 Å². The zero-order valence-electron chi connectivity index (χ0n) is 35.0. The Balaban J connectivity index is 1.04. The van der Waals surface area contributed by atoms with Crippen molar-refractivity contribution < 1.29 is 0 Å². The molecule has 4 heteroatoms. The molecule has 0 amide bonds. The van der Waals surface area contributed by atoms with Gasteiger partial charge in [0.2, 0.25) is 0 Å². The van der Waals surface area contributed by atoms with Gasteiger partial charge in [-0.15, -0.1) is 11.3 Å². The summed E-state index contributed by atoms with van der Waals surface area (Å²) in [5, 5.41) is 2.62. The third-order valence-electron chi connectivity index (χ3n) is 13.7. The quantitative estimate of drug-likeness (QED) is 0.153. The molecule has 12 rings (SSSR count). The number of benzene rings is 8. The van der Waals surface area contributed by atoms with Gasteiger partial charge in [0, 0.05) is 54.2 Å². The molecule has 63 heavy (non-hydrogen) atoms. The molecule has 0 N–H and O–H groups in total. The van der Waals surface area contributed by atoms with Crippen molar-refractivity contribution in [1.82, 2.24) is 9.97 Å². The first-order valence-corrected chi connectivity index (χ1v) is 23.2. The van der Waals surface area contributed by atoms with Gasteiger partial charge in [0.1, 0.15) is 5.82 Å². The molecule has 0 aliphatic heterocycles. The third-order valence-corrected chi connectivity index (χ3v) is 14.9. The molecule has 1 saturated carbocycles. The molecule has 0 atom stereocenters. The Hall–Kier alpha value is -7.14. The molecular formula is C59H45N3S. The van der Waals surface area contributed by atoms with Crippen molar-refractivity contribution in [2.45, 2.75) is 37.5 Å². The van der Waals surface area contributed by atoms with Crippen LogP contribution in [0.15, 0.2) is 206 Å². The molecule has 0 bridgehead atoms. The lowest BCUT2D eigenvalue weighted by Crippen LogP contribution is -2.37. The standard InChI is InChI=1S/C59H45N3S/c1-4-17-41(18-5-1)54-39-56(61-58(60-54)42-19-6-2-7-20-42)62(45-35-31-40(32-36-45)47-26-16-27-51-50-25-12-15-30-55(50)63-57(47)51)46-37-33-44(34-38-46)59(43-21-8-3-9-22-43)52-28-13-10-23-48(52)49-24-11-14-29-53(49)59/h1-2,4-7,10-20,23-39,43H,3,8-9,21-22H2. The molecule has 0 unspecified atom stereocenters. The van der Waals surface area contributed by atoms with Crippen LogP contribution in [-0.4, -0.2) is 9.97 Å². The molecule has 0 radical (unpaired) electrons. The van der Waals surface area contributed by atoms with Gasteiger partial charge in [0.15, 0.2) is 5.82 Å². The molecule has 2 aliphatic carbocycles. The van der Waals surface area contributed by atoms with Crippen molar-refractivity contribution in [3.05, 3.63) is 223 Å². The zero-order chi connectivity index (χ0) is 41.7. The maximum absolute atomic E-state index is 5.39. The molecule has 0 saturated heterocycles. The van der Waals surface area contributed by atoms with Gasteiger partial charge >= 0.3 is 0 Å². The average Bonchev–Trinajstić information content (AvgIpc) is 3.90. The number of fused-ring (bicyclic) bond motifs is 6. The van der Waals surface area contributed by atoms with E-state index in [1.165, 1.54) is 91.2 Å². The van der Waals surface area contributed by atoms with Gasteiger partial charge in [-0.25, -0.2) is 9.97 Å². The number of hydrogen-bond donors (Lipinski definition) is 0. The zero-order valence-corrected chi connectivity index (χ0v) is 35.8. The second kappa shape index (κ2) is 15.6. The van der Waals surface area contributed by atoms with E-state index >= 15 is 0 Å². The van der Waals surface area contributed by atoms with Crippen LogP contribution in [0.1, 0.15) is 48.8 Å². The van der Waals surface area contributed by atoms with E-state index in [1.54, 1.807) is 0 Å². The molecule has 10 aromatic rings. The van der Waals surface area contributed by atoms with E-state index < -0.39 is 0 Å². The maximum atomic E-state index is 5.39. The van der Waals surface area contributed by atoms with Gasteiger partial charge in [-0.05, 0) is 88.0 Å².